The van der Waals surface area contributed by atoms with Crippen molar-refractivity contribution in [3.05, 3.63) is 71.7 Å². The highest BCUT2D eigenvalue weighted by Gasteiger charge is 2.12. The molecule has 3 aromatic rings. The van der Waals surface area contributed by atoms with Gasteiger partial charge >= 0.3 is 0 Å². The van der Waals surface area contributed by atoms with Gasteiger partial charge < -0.3 is 15.4 Å². The summed E-state index contributed by atoms with van der Waals surface area (Å²) >= 11 is 0. The molecule has 132 valence electrons. The Morgan fingerprint density at radius 3 is 2.46 bits per heavy atom. The molecule has 0 aliphatic rings. The second kappa shape index (κ2) is 7.65. The van der Waals surface area contributed by atoms with E-state index in [9.17, 15) is 4.79 Å². The number of ether oxygens (including phenoxy) is 1. The Hall–Kier alpha value is -3.41. The van der Waals surface area contributed by atoms with Gasteiger partial charge in [-0.3, -0.25) is 4.79 Å². The normalized spacial score (nSPS) is 10.3. The third kappa shape index (κ3) is 3.80. The summed E-state index contributed by atoms with van der Waals surface area (Å²) in [6.45, 7) is 3.91. The highest BCUT2D eigenvalue weighted by Crippen LogP contribution is 2.26. The summed E-state index contributed by atoms with van der Waals surface area (Å²) < 4.78 is 5.32. The molecule has 0 aliphatic carbocycles. The molecule has 0 radical (unpaired) electrons. The number of carbonyl (C=O) groups is 1. The summed E-state index contributed by atoms with van der Waals surface area (Å²) in [7, 11) is 1.60. The number of carbonyl (C=O) groups excluding carboxylic acids is 1. The number of hydrogen-bond donors (Lipinski definition) is 2. The first-order valence-electron chi connectivity index (χ1n) is 8.18. The molecule has 1 aromatic heterocycles. The maximum atomic E-state index is 12.6. The van der Waals surface area contributed by atoms with Crippen LogP contribution in [0.15, 0.2) is 54.9 Å². The number of anilines is 3. The molecule has 6 heteroatoms. The Kier molecular flexibility index (Phi) is 5.12. The Morgan fingerprint density at radius 2 is 1.73 bits per heavy atom. The van der Waals surface area contributed by atoms with Gasteiger partial charge in [0.05, 0.1) is 12.8 Å². The molecule has 0 saturated carbocycles. The zero-order valence-electron chi connectivity index (χ0n) is 14.9. The van der Waals surface area contributed by atoms with Crippen LogP contribution in [0.5, 0.6) is 5.75 Å². The van der Waals surface area contributed by atoms with E-state index in [1.807, 2.05) is 56.3 Å². The van der Waals surface area contributed by atoms with Gasteiger partial charge in [-0.2, -0.15) is 0 Å². The lowest BCUT2D eigenvalue weighted by Crippen LogP contribution is -2.16. The highest BCUT2D eigenvalue weighted by atomic mass is 16.5. The standard InChI is InChI=1S/C20H20N4O2/c1-13-7-6-8-14(2)19(13)24-20(25)16-11-18(22-12-21-16)23-15-9-4-5-10-17(15)26-3/h4-12H,1-3H3,(H,24,25)(H,21,22,23). The predicted octanol–water partition coefficient (Wildman–Crippen LogP) is 4.10. The molecule has 6 nitrogen and oxygen atoms in total. The lowest BCUT2D eigenvalue weighted by molar-refractivity contribution is 0.102. The van der Waals surface area contributed by atoms with Crippen LogP contribution in [0.4, 0.5) is 17.2 Å². The number of amides is 1. The third-order valence-electron chi connectivity index (χ3n) is 3.99. The first-order valence-corrected chi connectivity index (χ1v) is 8.18. The van der Waals surface area contributed by atoms with E-state index in [1.54, 1.807) is 13.2 Å². The van der Waals surface area contributed by atoms with Crippen LogP contribution in [0.25, 0.3) is 0 Å². The molecular weight excluding hydrogens is 328 g/mol. The van der Waals surface area contributed by atoms with E-state index < -0.39 is 0 Å². The summed E-state index contributed by atoms with van der Waals surface area (Å²) in [5, 5.41) is 6.08. The number of nitrogens with one attached hydrogen (secondary N) is 2. The number of methoxy groups -OCH3 is 1. The summed E-state index contributed by atoms with van der Waals surface area (Å²) in [6.07, 6.45) is 1.36. The quantitative estimate of drug-likeness (QED) is 0.726. The number of aromatic nitrogens is 2. The van der Waals surface area contributed by atoms with Crippen LogP contribution in [0.3, 0.4) is 0 Å². The minimum Gasteiger partial charge on any atom is -0.495 e. The van der Waals surface area contributed by atoms with Crippen LogP contribution >= 0.6 is 0 Å². The first kappa shape index (κ1) is 17.4. The van der Waals surface area contributed by atoms with Crippen molar-refractivity contribution in [2.24, 2.45) is 0 Å². The van der Waals surface area contributed by atoms with Gasteiger partial charge in [0.2, 0.25) is 0 Å². The van der Waals surface area contributed by atoms with Gasteiger partial charge in [-0.1, -0.05) is 30.3 Å². The van der Waals surface area contributed by atoms with Crippen molar-refractivity contribution in [3.63, 3.8) is 0 Å². The van der Waals surface area contributed by atoms with Crippen molar-refractivity contribution in [1.29, 1.82) is 0 Å². The number of benzene rings is 2. The van der Waals surface area contributed by atoms with E-state index in [0.29, 0.717) is 11.6 Å². The molecule has 0 saturated heterocycles. The second-order valence-corrected chi connectivity index (χ2v) is 5.83. The molecule has 26 heavy (non-hydrogen) atoms. The summed E-state index contributed by atoms with van der Waals surface area (Å²) in [5.41, 5.74) is 3.84. The fraction of sp³-hybridized carbons (Fsp3) is 0.150. The van der Waals surface area contributed by atoms with E-state index in [2.05, 4.69) is 20.6 Å². The first-order chi connectivity index (χ1) is 12.6. The molecule has 2 N–H and O–H groups in total. The van der Waals surface area contributed by atoms with Gasteiger partial charge in [0.1, 0.15) is 23.6 Å². The van der Waals surface area contributed by atoms with Gasteiger partial charge in [-0.25, -0.2) is 9.97 Å². The van der Waals surface area contributed by atoms with Crippen LogP contribution in [-0.4, -0.2) is 23.0 Å². The van der Waals surface area contributed by atoms with Gasteiger partial charge in [0.25, 0.3) is 5.91 Å². The van der Waals surface area contributed by atoms with Gasteiger partial charge in [-0.15, -0.1) is 0 Å². The average molecular weight is 348 g/mol. The van der Waals surface area contributed by atoms with E-state index in [-0.39, 0.29) is 11.6 Å². The van der Waals surface area contributed by atoms with Gasteiger partial charge in [0, 0.05) is 11.8 Å². The minimum absolute atomic E-state index is 0.278. The van der Waals surface area contributed by atoms with E-state index in [0.717, 1.165) is 22.5 Å². The molecule has 1 amide bonds. The van der Waals surface area contributed by atoms with Crippen LogP contribution < -0.4 is 15.4 Å². The van der Waals surface area contributed by atoms with Crippen molar-refractivity contribution >= 4 is 23.1 Å². The number of nitrogens with zero attached hydrogens (tertiary/aromatic N) is 2. The Morgan fingerprint density at radius 1 is 1.00 bits per heavy atom. The number of hydrogen-bond acceptors (Lipinski definition) is 5. The average Bonchev–Trinajstić information content (AvgIpc) is 2.65. The van der Waals surface area contributed by atoms with Crippen molar-refractivity contribution in [3.8, 4) is 5.75 Å². The Bertz CT molecular complexity index is 920. The molecule has 0 unspecified atom stereocenters. The molecule has 3 rings (SSSR count). The van der Waals surface area contributed by atoms with E-state index in [4.69, 9.17) is 4.74 Å². The number of rotatable bonds is 5. The van der Waals surface area contributed by atoms with E-state index >= 15 is 0 Å². The minimum atomic E-state index is -0.284. The lowest BCUT2D eigenvalue weighted by atomic mass is 10.1. The number of aryl methyl sites for hydroxylation is 2. The monoisotopic (exact) mass is 348 g/mol. The molecule has 0 aliphatic heterocycles. The SMILES string of the molecule is COc1ccccc1Nc1cc(C(=O)Nc2c(C)cccc2C)ncn1. The fourth-order valence-corrected chi connectivity index (χ4v) is 2.62. The molecule has 1 heterocycles. The Labute approximate surface area is 152 Å². The molecule has 0 spiro atoms. The van der Waals surface area contributed by atoms with Crippen LogP contribution in [0.1, 0.15) is 21.6 Å². The second-order valence-electron chi connectivity index (χ2n) is 5.83. The van der Waals surface area contributed by atoms with Crippen LogP contribution in [0.2, 0.25) is 0 Å². The highest BCUT2D eigenvalue weighted by molar-refractivity contribution is 6.04. The van der Waals surface area contributed by atoms with Crippen LogP contribution in [-0.2, 0) is 0 Å². The topological polar surface area (TPSA) is 76.1 Å². The van der Waals surface area contributed by atoms with Crippen molar-refractivity contribution in [2.75, 3.05) is 17.7 Å². The van der Waals surface area contributed by atoms with Crippen LogP contribution in [0, 0.1) is 13.8 Å². The summed E-state index contributed by atoms with van der Waals surface area (Å²) in [4.78, 5) is 20.9. The molecule has 0 atom stereocenters. The molecule has 0 fully saturated rings. The van der Waals surface area contributed by atoms with Crippen molar-refractivity contribution < 1.29 is 9.53 Å². The zero-order valence-corrected chi connectivity index (χ0v) is 14.9. The van der Waals surface area contributed by atoms with Crippen molar-refractivity contribution in [2.45, 2.75) is 13.8 Å². The predicted molar refractivity (Wildman–Crippen MR) is 102 cm³/mol. The van der Waals surface area contributed by atoms with E-state index in [1.165, 1.54) is 6.33 Å². The summed E-state index contributed by atoms with van der Waals surface area (Å²) in [6, 6.07) is 15.0. The number of para-hydroxylation sites is 3. The van der Waals surface area contributed by atoms with Crippen molar-refractivity contribution in [1.82, 2.24) is 9.97 Å². The van der Waals surface area contributed by atoms with Gasteiger partial charge in [-0.05, 0) is 37.1 Å². The molecule has 0 bridgehead atoms. The fourth-order valence-electron chi connectivity index (χ4n) is 2.62. The lowest BCUT2D eigenvalue weighted by Gasteiger charge is -2.12. The molecular formula is C20H20N4O2. The Balaban J connectivity index is 1.82. The molecule has 2 aromatic carbocycles. The zero-order chi connectivity index (χ0) is 18.5. The summed E-state index contributed by atoms with van der Waals surface area (Å²) in [5.74, 6) is 0.914. The third-order valence-corrected chi connectivity index (χ3v) is 3.99. The maximum absolute atomic E-state index is 12.6. The smallest absolute Gasteiger partial charge is 0.274 e. The maximum Gasteiger partial charge on any atom is 0.274 e. The van der Waals surface area contributed by atoms with Gasteiger partial charge in [0.15, 0.2) is 0 Å². The largest absolute Gasteiger partial charge is 0.495 e.